The minimum Gasteiger partial charge on any atom is -0.460 e. The Kier molecular flexibility index (Phi) is 8.41. The number of carbonyl (C=O) groups is 1. The van der Waals surface area contributed by atoms with Gasteiger partial charge >= 0.3 is 5.97 Å². The zero-order valence-corrected chi connectivity index (χ0v) is 14.4. The molecule has 3 heteroatoms. The molecule has 0 spiro atoms. The number of esters is 1. The Morgan fingerprint density at radius 3 is 2.10 bits per heavy atom. The van der Waals surface area contributed by atoms with Crippen molar-refractivity contribution >= 4 is 5.97 Å². The van der Waals surface area contributed by atoms with Crippen LogP contribution in [0.5, 0.6) is 0 Å². The molecule has 3 unspecified atom stereocenters. The monoisotopic (exact) mass is 286 g/mol. The molecule has 0 bridgehead atoms. The highest BCUT2D eigenvalue weighted by Gasteiger charge is 2.23. The molecule has 0 amide bonds. The summed E-state index contributed by atoms with van der Waals surface area (Å²) < 4.78 is 5.24. The van der Waals surface area contributed by atoms with Gasteiger partial charge in [-0.2, -0.15) is 0 Å². The van der Waals surface area contributed by atoms with E-state index >= 15 is 0 Å². The second kappa shape index (κ2) is 8.66. The zero-order chi connectivity index (χ0) is 15.9. The second-order valence-electron chi connectivity index (χ2n) is 7.65. The van der Waals surface area contributed by atoms with Crippen LogP contribution in [0.15, 0.2) is 0 Å². The molecule has 1 N–H and O–H groups in total. The third-order valence-electron chi connectivity index (χ3n) is 3.44. The number of rotatable bonds is 8. The maximum absolute atomic E-state index is 11.7. The Bertz CT molecular complexity index is 278. The van der Waals surface area contributed by atoms with Crippen molar-refractivity contribution in [3.8, 4) is 0 Å². The molecule has 0 rings (SSSR count). The van der Waals surface area contributed by atoms with Crippen molar-refractivity contribution in [2.75, 3.05) is 0 Å². The van der Waals surface area contributed by atoms with Gasteiger partial charge in [0.25, 0.3) is 0 Å². The Labute approximate surface area is 125 Å². The summed E-state index contributed by atoms with van der Waals surface area (Å²) >= 11 is 0. The Hall–Kier alpha value is -0.570. The minimum atomic E-state index is -0.601. The van der Waals surface area contributed by atoms with Crippen molar-refractivity contribution < 1.29 is 14.6 Å². The van der Waals surface area contributed by atoms with E-state index in [0.29, 0.717) is 11.8 Å². The predicted molar refractivity (Wildman–Crippen MR) is 83.5 cm³/mol. The van der Waals surface area contributed by atoms with E-state index in [1.807, 2.05) is 27.7 Å². The fourth-order valence-electron chi connectivity index (χ4n) is 2.42. The summed E-state index contributed by atoms with van der Waals surface area (Å²) in [5.74, 6) is 1.21. The van der Waals surface area contributed by atoms with Crippen molar-refractivity contribution in [1.82, 2.24) is 0 Å². The van der Waals surface area contributed by atoms with E-state index in [-0.39, 0.29) is 18.3 Å². The molecule has 120 valence electrons. The van der Waals surface area contributed by atoms with Gasteiger partial charge in [0, 0.05) is 0 Å². The first kappa shape index (κ1) is 19.4. The lowest BCUT2D eigenvalue weighted by molar-refractivity contribution is -0.157. The third kappa shape index (κ3) is 10.2. The van der Waals surface area contributed by atoms with E-state index in [9.17, 15) is 9.90 Å². The lowest BCUT2D eigenvalue weighted by Crippen LogP contribution is -2.29. The van der Waals surface area contributed by atoms with Gasteiger partial charge in [-0.1, -0.05) is 34.1 Å². The highest BCUT2D eigenvalue weighted by atomic mass is 16.6. The van der Waals surface area contributed by atoms with Gasteiger partial charge in [-0.3, -0.25) is 4.79 Å². The van der Waals surface area contributed by atoms with Gasteiger partial charge in [-0.25, -0.2) is 0 Å². The van der Waals surface area contributed by atoms with E-state index in [1.165, 1.54) is 6.42 Å². The van der Waals surface area contributed by atoms with E-state index in [2.05, 4.69) is 20.8 Å². The van der Waals surface area contributed by atoms with Crippen LogP contribution in [-0.4, -0.2) is 22.8 Å². The van der Waals surface area contributed by atoms with Crippen molar-refractivity contribution in [2.45, 2.75) is 85.9 Å². The van der Waals surface area contributed by atoms with Crippen LogP contribution < -0.4 is 0 Å². The topological polar surface area (TPSA) is 46.5 Å². The normalized spacial score (nSPS) is 16.9. The van der Waals surface area contributed by atoms with Gasteiger partial charge in [0.2, 0.25) is 0 Å². The minimum absolute atomic E-state index is 0.0942. The molecule has 0 aromatic rings. The highest BCUT2D eigenvalue weighted by Crippen LogP contribution is 2.22. The molecule has 0 aromatic carbocycles. The zero-order valence-electron chi connectivity index (χ0n) is 14.4. The molecule has 0 aliphatic heterocycles. The molecule has 0 heterocycles. The molecular weight excluding hydrogens is 252 g/mol. The molecule has 3 nitrogen and oxygen atoms in total. The molecule has 0 aliphatic carbocycles. The van der Waals surface area contributed by atoms with Crippen LogP contribution in [0.4, 0.5) is 0 Å². The molecule has 20 heavy (non-hydrogen) atoms. The average Bonchev–Trinajstić information content (AvgIpc) is 2.21. The third-order valence-corrected chi connectivity index (χ3v) is 3.44. The lowest BCUT2D eigenvalue weighted by atomic mass is 9.89. The Morgan fingerprint density at radius 2 is 1.65 bits per heavy atom. The van der Waals surface area contributed by atoms with E-state index in [1.54, 1.807) is 0 Å². The highest BCUT2D eigenvalue weighted by molar-refractivity contribution is 5.70. The molecule has 0 aliphatic rings. The van der Waals surface area contributed by atoms with Gasteiger partial charge in [0.05, 0.1) is 12.5 Å². The first-order valence-corrected chi connectivity index (χ1v) is 7.91. The van der Waals surface area contributed by atoms with Crippen LogP contribution in [0.25, 0.3) is 0 Å². The van der Waals surface area contributed by atoms with Gasteiger partial charge in [-0.05, 0) is 51.4 Å². The van der Waals surface area contributed by atoms with Crippen LogP contribution in [0, 0.1) is 17.8 Å². The molecule has 0 saturated heterocycles. The number of ether oxygens (including phenoxy) is 1. The molecule has 0 aromatic heterocycles. The van der Waals surface area contributed by atoms with Crippen LogP contribution in [-0.2, 0) is 9.53 Å². The number of hydrogen-bond donors (Lipinski definition) is 1. The largest absolute Gasteiger partial charge is 0.460 e. The average molecular weight is 286 g/mol. The first-order valence-electron chi connectivity index (χ1n) is 7.91. The van der Waals surface area contributed by atoms with E-state index in [4.69, 9.17) is 4.74 Å². The summed E-state index contributed by atoms with van der Waals surface area (Å²) in [6.07, 6.45) is 2.77. The van der Waals surface area contributed by atoms with Crippen LogP contribution in [0.3, 0.4) is 0 Å². The second-order valence-corrected chi connectivity index (χ2v) is 7.65. The molecule has 0 radical (unpaired) electrons. The standard InChI is InChI=1S/C17H34O3/c1-12(2)10-13(3)8-9-14(4)15(18)11-16(19)20-17(5,6)7/h12-15,18H,8-11H2,1-7H3. The molecule has 3 atom stereocenters. The molecule has 0 fully saturated rings. The summed E-state index contributed by atoms with van der Waals surface area (Å²) in [6.45, 7) is 14.3. The maximum atomic E-state index is 11.7. The van der Waals surface area contributed by atoms with E-state index < -0.39 is 11.7 Å². The number of hydrogen-bond acceptors (Lipinski definition) is 3. The summed E-state index contributed by atoms with van der Waals surface area (Å²) in [4.78, 5) is 11.7. The lowest BCUT2D eigenvalue weighted by Gasteiger charge is -2.23. The summed E-state index contributed by atoms with van der Waals surface area (Å²) in [5, 5.41) is 10.1. The fourth-order valence-corrected chi connectivity index (χ4v) is 2.42. The SMILES string of the molecule is CC(C)CC(C)CCC(C)C(O)CC(=O)OC(C)(C)C. The Morgan fingerprint density at radius 1 is 1.10 bits per heavy atom. The van der Waals surface area contributed by atoms with Gasteiger partial charge in [0.15, 0.2) is 0 Å². The summed E-state index contributed by atoms with van der Waals surface area (Å²) in [5.41, 5.74) is -0.480. The van der Waals surface area contributed by atoms with Crippen molar-refractivity contribution in [3.05, 3.63) is 0 Å². The van der Waals surface area contributed by atoms with Crippen molar-refractivity contribution in [3.63, 3.8) is 0 Å². The van der Waals surface area contributed by atoms with E-state index in [0.717, 1.165) is 12.8 Å². The smallest absolute Gasteiger partial charge is 0.308 e. The van der Waals surface area contributed by atoms with Gasteiger partial charge in [0.1, 0.15) is 5.60 Å². The molecular formula is C17H34O3. The van der Waals surface area contributed by atoms with Gasteiger partial charge < -0.3 is 9.84 Å². The number of carbonyl (C=O) groups excluding carboxylic acids is 1. The van der Waals surface area contributed by atoms with Crippen molar-refractivity contribution in [1.29, 1.82) is 0 Å². The quantitative estimate of drug-likeness (QED) is 0.681. The van der Waals surface area contributed by atoms with Crippen LogP contribution in [0.1, 0.15) is 74.1 Å². The predicted octanol–water partition coefficient (Wildman–Crippen LogP) is 4.18. The van der Waals surface area contributed by atoms with Gasteiger partial charge in [-0.15, -0.1) is 0 Å². The number of aliphatic hydroxyl groups excluding tert-OH is 1. The van der Waals surface area contributed by atoms with Crippen LogP contribution >= 0.6 is 0 Å². The molecule has 0 saturated carbocycles. The first-order chi connectivity index (χ1) is 9.01. The Balaban J connectivity index is 4.03. The van der Waals surface area contributed by atoms with Crippen LogP contribution in [0.2, 0.25) is 0 Å². The number of aliphatic hydroxyl groups is 1. The summed E-state index contributed by atoms with van der Waals surface area (Å²) in [7, 11) is 0. The summed E-state index contributed by atoms with van der Waals surface area (Å²) in [6, 6.07) is 0. The van der Waals surface area contributed by atoms with Crippen molar-refractivity contribution in [2.24, 2.45) is 17.8 Å². The fraction of sp³-hybridized carbons (Fsp3) is 0.941. The maximum Gasteiger partial charge on any atom is 0.308 e.